The van der Waals surface area contributed by atoms with E-state index in [-0.39, 0.29) is 4.90 Å². The zero-order valence-corrected chi connectivity index (χ0v) is 17.7. The third-order valence-electron chi connectivity index (χ3n) is 5.28. The van der Waals surface area contributed by atoms with E-state index in [2.05, 4.69) is 10.3 Å². The van der Waals surface area contributed by atoms with Crippen molar-refractivity contribution >= 4 is 42.4 Å². The molecule has 0 unspecified atom stereocenters. The highest BCUT2D eigenvalue weighted by molar-refractivity contribution is 7.93. The second-order valence-corrected chi connectivity index (χ2v) is 10.3. The SMILES string of the molecule is CCOc1ccc2nc(NC(=O)C3(S(=O)(=O)c4ccccc4)CCCC3)sc2c1. The Morgan fingerprint density at radius 3 is 2.59 bits per heavy atom. The summed E-state index contributed by atoms with van der Waals surface area (Å²) >= 11 is 1.31. The molecule has 0 radical (unpaired) electrons. The van der Waals surface area contributed by atoms with Crippen molar-refractivity contribution in [1.29, 1.82) is 0 Å². The van der Waals surface area contributed by atoms with Crippen molar-refractivity contribution in [2.75, 3.05) is 11.9 Å². The van der Waals surface area contributed by atoms with E-state index in [4.69, 9.17) is 4.74 Å². The van der Waals surface area contributed by atoms with Crippen LogP contribution >= 0.6 is 11.3 Å². The Kier molecular flexibility index (Phi) is 5.31. The van der Waals surface area contributed by atoms with E-state index in [1.54, 1.807) is 30.3 Å². The van der Waals surface area contributed by atoms with E-state index in [9.17, 15) is 13.2 Å². The number of aromatic nitrogens is 1. The minimum absolute atomic E-state index is 0.183. The molecule has 1 amide bonds. The molecular weight excluding hydrogens is 408 g/mol. The van der Waals surface area contributed by atoms with Crippen molar-refractivity contribution < 1.29 is 17.9 Å². The average molecular weight is 431 g/mol. The number of hydrogen-bond acceptors (Lipinski definition) is 6. The summed E-state index contributed by atoms with van der Waals surface area (Å²) in [4.78, 5) is 17.9. The van der Waals surface area contributed by atoms with Gasteiger partial charge in [0.15, 0.2) is 19.7 Å². The van der Waals surface area contributed by atoms with E-state index in [0.717, 1.165) is 16.0 Å². The Morgan fingerprint density at radius 1 is 1.17 bits per heavy atom. The first-order valence-electron chi connectivity index (χ1n) is 9.61. The van der Waals surface area contributed by atoms with Gasteiger partial charge in [0.1, 0.15) is 5.75 Å². The number of anilines is 1. The molecule has 1 aliphatic carbocycles. The Labute approximate surface area is 173 Å². The van der Waals surface area contributed by atoms with Gasteiger partial charge in [-0.3, -0.25) is 4.79 Å². The van der Waals surface area contributed by atoms with Gasteiger partial charge in [0.05, 0.1) is 21.7 Å². The summed E-state index contributed by atoms with van der Waals surface area (Å²) in [6, 6.07) is 13.8. The molecule has 1 saturated carbocycles. The minimum atomic E-state index is -3.82. The van der Waals surface area contributed by atoms with Gasteiger partial charge in [-0.2, -0.15) is 0 Å². The zero-order chi connectivity index (χ0) is 20.5. The number of nitrogens with zero attached hydrogens (tertiary/aromatic N) is 1. The third kappa shape index (κ3) is 3.51. The smallest absolute Gasteiger partial charge is 0.248 e. The maximum atomic E-state index is 13.4. The van der Waals surface area contributed by atoms with E-state index in [1.165, 1.54) is 11.3 Å². The van der Waals surface area contributed by atoms with Crippen LogP contribution in [0.25, 0.3) is 10.2 Å². The van der Waals surface area contributed by atoms with Crippen LogP contribution in [0.15, 0.2) is 53.4 Å². The van der Waals surface area contributed by atoms with Gasteiger partial charge in [-0.05, 0) is 50.1 Å². The number of ether oxygens (including phenoxy) is 1. The lowest BCUT2D eigenvalue weighted by molar-refractivity contribution is -0.118. The van der Waals surface area contributed by atoms with Gasteiger partial charge < -0.3 is 10.1 Å². The van der Waals surface area contributed by atoms with Crippen LogP contribution in [0.5, 0.6) is 5.75 Å². The van der Waals surface area contributed by atoms with Gasteiger partial charge in [0, 0.05) is 0 Å². The molecular formula is C21H22N2O4S2. The number of fused-ring (bicyclic) bond motifs is 1. The van der Waals surface area contributed by atoms with Gasteiger partial charge >= 0.3 is 0 Å². The average Bonchev–Trinajstić information content (AvgIpc) is 3.36. The number of thiazole rings is 1. The van der Waals surface area contributed by atoms with Crippen LogP contribution in [-0.2, 0) is 14.6 Å². The number of nitrogens with one attached hydrogen (secondary N) is 1. The minimum Gasteiger partial charge on any atom is -0.494 e. The maximum Gasteiger partial charge on any atom is 0.248 e. The largest absolute Gasteiger partial charge is 0.494 e. The number of benzene rings is 2. The Balaban J connectivity index is 1.66. The highest BCUT2D eigenvalue weighted by Gasteiger charge is 2.53. The molecule has 3 aromatic rings. The quantitative estimate of drug-likeness (QED) is 0.626. The second kappa shape index (κ2) is 7.76. The molecule has 0 spiro atoms. The van der Waals surface area contributed by atoms with Crippen molar-refractivity contribution in [3.63, 3.8) is 0 Å². The van der Waals surface area contributed by atoms with E-state index < -0.39 is 20.5 Å². The van der Waals surface area contributed by atoms with Crippen molar-refractivity contribution in [3.8, 4) is 5.75 Å². The number of sulfone groups is 1. The summed E-state index contributed by atoms with van der Waals surface area (Å²) in [5.41, 5.74) is 0.736. The second-order valence-electron chi connectivity index (χ2n) is 7.05. The Bertz CT molecular complexity index is 1130. The van der Waals surface area contributed by atoms with Crippen molar-refractivity contribution in [2.45, 2.75) is 42.2 Å². The molecule has 0 saturated heterocycles. The van der Waals surface area contributed by atoms with Crippen LogP contribution in [-0.4, -0.2) is 30.7 Å². The number of amides is 1. The third-order valence-corrected chi connectivity index (χ3v) is 8.73. The van der Waals surface area contributed by atoms with Crippen LogP contribution in [0.3, 0.4) is 0 Å². The molecule has 152 valence electrons. The highest BCUT2D eigenvalue weighted by Crippen LogP contribution is 2.42. The van der Waals surface area contributed by atoms with Gasteiger partial charge in [0.25, 0.3) is 0 Å². The van der Waals surface area contributed by atoms with Crippen LogP contribution < -0.4 is 10.1 Å². The molecule has 1 N–H and O–H groups in total. The Morgan fingerprint density at radius 2 is 1.90 bits per heavy atom. The summed E-state index contributed by atoms with van der Waals surface area (Å²) in [6.07, 6.45) is 2.04. The van der Waals surface area contributed by atoms with Crippen LogP contribution in [0.2, 0.25) is 0 Å². The normalized spacial score (nSPS) is 16.0. The first kappa shape index (κ1) is 19.8. The predicted molar refractivity (Wildman–Crippen MR) is 114 cm³/mol. The summed E-state index contributed by atoms with van der Waals surface area (Å²) in [5.74, 6) is 0.239. The van der Waals surface area contributed by atoms with Gasteiger partial charge in [0.2, 0.25) is 5.91 Å². The lowest BCUT2D eigenvalue weighted by atomic mass is 10.1. The monoisotopic (exact) mass is 430 g/mol. The zero-order valence-electron chi connectivity index (χ0n) is 16.1. The van der Waals surface area contributed by atoms with E-state index in [0.29, 0.717) is 37.4 Å². The highest BCUT2D eigenvalue weighted by atomic mass is 32.2. The van der Waals surface area contributed by atoms with E-state index in [1.807, 2.05) is 25.1 Å². The van der Waals surface area contributed by atoms with Gasteiger partial charge in [-0.15, -0.1) is 0 Å². The molecule has 1 aliphatic rings. The molecule has 0 bridgehead atoms. The molecule has 29 heavy (non-hydrogen) atoms. The van der Waals surface area contributed by atoms with Crippen LogP contribution in [0.4, 0.5) is 5.13 Å². The number of carbonyl (C=O) groups is 1. The molecule has 6 nitrogen and oxygen atoms in total. The molecule has 4 rings (SSSR count). The fourth-order valence-electron chi connectivity index (χ4n) is 3.82. The van der Waals surface area contributed by atoms with Gasteiger partial charge in [-0.1, -0.05) is 42.4 Å². The first-order chi connectivity index (χ1) is 14.0. The lowest BCUT2D eigenvalue weighted by Gasteiger charge is -2.27. The summed E-state index contributed by atoms with van der Waals surface area (Å²) in [7, 11) is -3.82. The number of hydrogen-bond donors (Lipinski definition) is 1. The summed E-state index contributed by atoms with van der Waals surface area (Å²) in [5, 5.41) is 3.19. The maximum absolute atomic E-state index is 13.4. The molecule has 8 heteroatoms. The fraction of sp³-hybridized carbons (Fsp3) is 0.333. The number of rotatable bonds is 6. The molecule has 0 aliphatic heterocycles. The van der Waals surface area contributed by atoms with Crippen molar-refractivity contribution in [1.82, 2.24) is 4.98 Å². The van der Waals surface area contributed by atoms with Gasteiger partial charge in [-0.25, -0.2) is 13.4 Å². The summed E-state index contributed by atoms with van der Waals surface area (Å²) in [6.45, 7) is 2.48. The van der Waals surface area contributed by atoms with Crippen molar-refractivity contribution in [2.24, 2.45) is 0 Å². The Hall–Kier alpha value is -2.45. The molecule has 0 atom stereocenters. The van der Waals surface area contributed by atoms with Crippen LogP contribution in [0.1, 0.15) is 32.6 Å². The predicted octanol–water partition coefficient (Wildman–Crippen LogP) is 4.42. The number of carbonyl (C=O) groups excluding carboxylic acids is 1. The molecule has 1 heterocycles. The molecule has 2 aromatic carbocycles. The first-order valence-corrected chi connectivity index (χ1v) is 11.9. The topological polar surface area (TPSA) is 85.4 Å². The molecule has 1 aromatic heterocycles. The molecule has 1 fully saturated rings. The van der Waals surface area contributed by atoms with Crippen LogP contribution in [0, 0.1) is 0 Å². The summed E-state index contributed by atoms with van der Waals surface area (Å²) < 4.78 is 31.7. The standard InChI is InChI=1S/C21H22N2O4S2/c1-2-27-15-10-11-17-18(14-15)28-20(22-17)23-19(24)21(12-6-7-13-21)29(25,26)16-8-4-3-5-9-16/h3-5,8-11,14H,2,6-7,12-13H2,1H3,(H,22,23,24). The lowest BCUT2D eigenvalue weighted by Crippen LogP contribution is -2.47. The fourth-order valence-corrected chi connectivity index (χ4v) is 6.79. The van der Waals surface area contributed by atoms with E-state index >= 15 is 0 Å². The van der Waals surface area contributed by atoms with Crippen molar-refractivity contribution in [3.05, 3.63) is 48.5 Å².